The van der Waals surface area contributed by atoms with Crippen molar-refractivity contribution in [3.63, 3.8) is 0 Å². The first-order chi connectivity index (χ1) is 5.65. The molecule has 70 valence electrons. The molecule has 0 spiro atoms. The van der Waals surface area contributed by atoms with Gasteiger partial charge in [-0.15, -0.1) is 0 Å². The van der Waals surface area contributed by atoms with E-state index in [1.54, 1.807) is 0 Å². The molecule has 0 aliphatic carbocycles. The van der Waals surface area contributed by atoms with Crippen molar-refractivity contribution in [3.05, 3.63) is 0 Å². The number of nitrogens with one attached hydrogen (secondary N) is 1. The lowest BCUT2D eigenvalue weighted by molar-refractivity contribution is -0.145. The van der Waals surface area contributed by atoms with Crippen LogP contribution in [0.4, 0.5) is 0 Å². The van der Waals surface area contributed by atoms with Crippen LogP contribution < -0.4 is 5.32 Å². The zero-order valence-corrected chi connectivity index (χ0v) is 8.13. The topological polar surface area (TPSA) is 75.6 Å². The highest BCUT2D eigenvalue weighted by Gasteiger charge is 2.19. The molecule has 0 saturated heterocycles. The first kappa shape index (κ1) is 11.4. The summed E-state index contributed by atoms with van der Waals surface area (Å²) in [5, 5.41) is 11.0. The number of carbonyl (C=O) groups is 2. The van der Waals surface area contributed by atoms with Gasteiger partial charge in [-0.3, -0.25) is 4.79 Å². The molecule has 0 aromatic carbocycles. The first-order valence-electron chi connectivity index (χ1n) is 3.19. The van der Waals surface area contributed by atoms with Crippen molar-refractivity contribution in [3.8, 4) is 0 Å². The molecule has 1 unspecified atom stereocenters. The fourth-order valence-corrected chi connectivity index (χ4v) is 0.716. The fourth-order valence-electron chi connectivity index (χ4n) is 0.554. The van der Waals surface area contributed by atoms with E-state index in [-0.39, 0.29) is 11.2 Å². The van der Waals surface area contributed by atoms with E-state index in [9.17, 15) is 9.59 Å². The van der Waals surface area contributed by atoms with E-state index in [4.69, 9.17) is 5.11 Å². The molecule has 0 saturated carbocycles. The van der Waals surface area contributed by atoms with E-state index in [0.717, 1.165) is 0 Å². The quantitative estimate of drug-likeness (QED) is 0.489. The summed E-state index contributed by atoms with van der Waals surface area (Å²) in [4.78, 5) is 21.5. The molecule has 0 bridgehead atoms. The number of carbonyl (C=O) groups excluding carboxylic acids is 2. The second-order valence-electron chi connectivity index (χ2n) is 1.96. The summed E-state index contributed by atoms with van der Waals surface area (Å²) in [5.74, 6) is -1.04. The van der Waals surface area contributed by atoms with Crippen LogP contribution in [-0.4, -0.2) is 42.1 Å². The van der Waals surface area contributed by atoms with E-state index in [2.05, 4.69) is 26.0 Å². The minimum atomic E-state index is -0.972. The van der Waals surface area contributed by atoms with Crippen molar-refractivity contribution < 1.29 is 19.4 Å². The zero-order valence-electron chi connectivity index (χ0n) is 6.54. The summed E-state index contributed by atoms with van der Waals surface area (Å²) in [7, 11) is 1.19. The summed E-state index contributed by atoms with van der Waals surface area (Å²) in [6, 6.07) is -0.972. The highest BCUT2D eigenvalue weighted by Crippen LogP contribution is 1.88. The van der Waals surface area contributed by atoms with Crippen LogP contribution in [0.3, 0.4) is 0 Å². The Hall–Kier alpha value is -0.620. The number of aliphatic hydroxyl groups is 1. The number of alkyl halides is 1. The van der Waals surface area contributed by atoms with Gasteiger partial charge in [0, 0.05) is 0 Å². The van der Waals surface area contributed by atoms with Gasteiger partial charge in [-0.05, 0) is 0 Å². The lowest BCUT2D eigenvalue weighted by Gasteiger charge is -2.12. The Labute approximate surface area is 78.2 Å². The minimum Gasteiger partial charge on any atom is -0.467 e. The van der Waals surface area contributed by atoms with Gasteiger partial charge >= 0.3 is 5.97 Å². The van der Waals surface area contributed by atoms with Crippen molar-refractivity contribution >= 4 is 27.8 Å². The average Bonchev–Trinajstić information content (AvgIpc) is 2.12. The number of methoxy groups -OCH3 is 1. The molecule has 0 heterocycles. The molecule has 0 fully saturated rings. The van der Waals surface area contributed by atoms with Gasteiger partial charge in [-0.1, -0.05) is 15.9 Å². The van der Waals surface area contributed by atoms with Gasteiger partial charge in [0.15, 0.2) is 6.04 Å². The maximum atomic E-state index is 10.8. The van der Waals surface area contributed by atoms with Crippen LogP contribution in [0, 0.1) is 0 Å². The smallest absolute Gasteiger partial charge is 0.330 e. The Morgan fingerprint density at radius 2 is 2.25 bits per heavy atom. The van der Waals surface area contributed by atoms with Crippen LogP contribution in [0.15, 0.2) is 0 Å². The molecule has 0 aromatic heterocycles. The summed E-state index contributed by atoms with van der Waals surface area (Å²) in [6.45, 7) is -0.467. The lowest BCUT2D eigenvalue weighted by atomic mass is 10.3. The third-order valence-electron chi connectivity index (χ3n) is 1.12. The van der Waals surface area contributed by atoms with Gasteiger partial charge in [0.2, 0.25) is 5.91 Å². The largest absolute Gasteiger partial charge is 0.467 e. The number of hydrogen-bond acceptors (Lipinski definition) is 4. The molecular formula is C6H10BrNO4. The Balaban J connectivity index is 3.99. The second-order valence-corrected chi connectivity index (χ2v) is 2.52. The normalized spacial score (nSPS) is 11.9. The summed E-state index contributed by atoms with van der Waals surface area (Å²) in [6.07, 6.45) is 0. The molecule has 1 atom stereocenters. The minimum absolute atomic E-state index is 0.0838. The summed E-state index contributed by atoms with van der Waals surface area (Å²) >= 11 is 2.90. The van der Waals surface area contributed by atoms with Gasteiger partial charge in [0.1, 0.15) is 0 Å². The van der Waals surface area contributed by atoms with Crippen molar-refractivity contribution in [2.24, 2.45) is 0 Å². The van der Waals surface area contributed by atoms with E-state index in [1.807, 2.05) is 0 Å². The average molecular weight is 240 g/mol. The van der Waals surface area contributed by atoms with Crippen molar-refractivity contribution in [1.82, 2.24) is 5.32 Å². The first-order valence-corrected chi connectivity index (χ1v) is 4.31. The van der Waals surface area contributed by atoms with Crippen molar-refractivity contribution in [1.29, 1.82) is 0 Å². The zero-order chi connectivity index (χ0) is 9.56. The highest BCUT2D eigenvalue weighted by atomic mass is 79.9. The number of ether oxygens (including phenoxy) is 1. The third-order valence-corrected chi connectivity index (χ3v) is 1.63. The molecule has 0 aliphatic heterocycles. The predicted molar refractivity (Wildman–Crippen MR) is 44.8 cm³/mol. The SMILES string of the molecule is COC(=O)C(CO)NC(=O)CBr. The lowest BCUT2D eigenvalue weighted by Crippen LogP contribution is -2.44. The third kappa shape index (κ3) is 3.68. The molecule has 0 aliphatic rings. The Kier molecular flexibility index (Phi) is 5.65. The Morgan fingerprint density at radius 3 is 2.58 bits per heavy atom. The molecule has 0 aromatic rings. The van der Waals surface area contributed by atoms with Crippen LogP contribution in [0.1, 0.15) is 0 Å². The molecule has 1 amide bonds. The second kappa shape index (κ2) is 5.96. The van der Waals surface area contributed by atoms with Crippen LogP contribution in [0.2, 0.25) is 0 Å². The van der Waals surface area contributed by atoms with Gasteiger partial charge in [-0.2, -0.15) is 0 Å². The van der Waals surface area contributed by atoms with Crippen LogP contribution in [-0.2, 0) is 14.3 Å². The van der Waals surface area contributed by atoms with Gasteiger partial charge in [-0.25, -0.2) is 4.79 Å². The summed E-state index contributed by atoms with van der Waals surface area (Å²) in [5.41, 5.74) is 0. The van der Waals surface area contributed by atoms with Gasteiger partial charge in [0.05, 0.1) is 19.0 Å². The number of aliphatic hydroxyl groups excluding tert-OH is 1. The van der Waals surface area contributed by atoms with E-state index in [0.29, 0.717) is 0 Å². The van der Waals surface area contributed by atoms with E-state index in [1.165, 1.54) is 7.11 Å². The fraction of sp³-hybridized carbons (Fsp3) is 0.667. The number of rotatable bonds is 4. The number of esters is 1. The van der Waals surface area contributed by atoms with Crippen molar-refractivity contribution in [2.45, 2.75) is 6.04 Å². The maximum Gasteiger partial charge on any atom is 0.330 e. The number of amides is 1. The van der Waals surface area contributed by atoms with Crippen LogP contribution in [0.5, 0.6) is 0 Å². The molecule has 2 N–H and O–H groups in total. The maximum absolute atomic E-state index is 10.8. The molecule has 0 rings (SSSR count). The van der Waals surface area contributed by atoms with Crippen LogP contribution in [0.25, 0.3) is 0 Å². The van der Waals surface area contributed by atoms with Crippen molar-refractivity contribution in [2.75, 3.05) is 19.0 Å². The predicted octanol–water partition coefficient (Wildman–Crippen LogP) is -0.969. The van der Waals surface area contributed by atoms with E-state index >= 15 is 0 Å². The molecule has 6 heteroatoms. The monoisotopic (exact) mass is 239 g/mol. The highest BCUT2D eigenvalue weighted by molar-refractivity contribution is 9.09. The Morgan fingerprint density at radius 1 is 1.67 bits per heavy atom. The van der Waals surface area contributed by atoms with Gasteiger partial charge < -0.3 is 15.2 Å². The Bertz CT molecular complexity index is 173. The molecule has 12 heavy (non-hydrogen) atoms. The molecule has 0 radical (unpaired) electrons. The molecule has 5 nitrogen and oxygen atoms in total. The standard InChI is InChI=1S/C6H10BrNO4/c1-12-6(11)4(3-9)8-5(10)2-7/h4,9H,2-3H2,1H3,(H,8,10). The number of halogens is 1. The van der Waals surface area contributed by atoms with Crippen LogP contribution >= 0.6 is 15.9 Å². The van der Waals surface area contributed by atoms with E-state index < -0.39 is 18.6 Å². The number of hydrogen-bond donors (Lipinski definition) is 2. The summed E-state index contributed by atoms with van der Waals surface area (Å²) < 4.78 is 4.32. The molecular weight excluding hydrogens is 230 g/mol. The van der Waals surface area contributed by atoms with Gasteiger partial charge in [0.25, 0.3) is 0 Å².